The molecule has 1 saturated heterocycles. The predicted molar refractivity (Wildman–Crippen MR) is 98.5 cm³/mol. The Labute approximate surface area is 155 Å². The van der Waals surface area contributed by atoms with Gasteiger partial charge in [0, 0.05) is 23.5 Å². The van der Waals surface area contributed by atoms with Gasteiger partial charge in [-0.15, -0.1) is 17.8 Å². The summed E-state index contributed by atoms with van der Waals surface area (Å²) in [5.74, 6) is 2.78. The van der Waals surface area contributed by atoms with Gasteiger partial charge in [0.15, 0.2) is 6.23 Å². The zero-order valence-corrected chi connectivity index (χ0v) is 15.3. The van der Waals surface area contributed by atoms with E-state index in [1.807, 2.05) is 24.4 Å². The molecule has 1 fully saturated rings. The fraction of sp³-hybridized carbons (Fsp3) is 0.333. The average molecular weight is 376 g/mol. The number of terminal acetylenes is 1. The Morgan fingerprint density at radius 1 is 1.48 bits per heavy atom. The van der Waals surface area contributed by atoms with E-state index < -0.39 is 11.6 Å². The Bertz CT molecular complexity index is 810. The highest BCUT2D eigenvalue weighted by Gasteiger charge is 2.31. The van der Waals surface area contributed by atoms with Crippen LogP contribution in [0.2, 0.25) is 5.02 Å². The van der Waals surface area contributed by atoms with Crippen molar-refractivity contribution in [3.8, 4) is 12.3 Å². The number of hydrogen-bond donors (Lipinski definition) is 2. The van der Waals surface area contributed by atoms with Gasteiger partial charge in [0.05, 0.1) is 11.1 Å². The number of nitrogens with one attached hydrogen (secondary N) is 1. The number of urea groups is 1. The number of thiazole rings is 1. The summed E-state index contributed by atoms with van der Waals surface area (Å²) >= 11 is 7.21. The minimum absolute atomic E-state index is 0.284. The van der Waals surface area contributed by atoms with Gasteiger partial charge < -0.3 is 15.3 Å². The van der Waals surface area contributed by atoms with Crippen molar-refractivity contribution in [1.29, 1.82) is 0 Å². The number of carbonyl (C=O) groups excluding carboxylic acids is 1. The highest BCUT2D eigenvalue weighted by Crippen LogP contribution is 2.33. The number of aliphatic hydroxyl groups excluding tert-OH is 1. The van der Waals surface area contributed by atoms with Crippen molar-refractivity contribution >= 4 is 29.0 Å². The van der Waals surface area contributed by atoms with Crippen LogP contribution in [0.4, 0.5) is 4.79 Å². The Morgan fingerprint density at radius 3 is 2.72 bits per heavy atom. The molecule has 0 radical (unpaired) electrons. The number of aliphatic hydroxyl groups is 1. The summed E-state index contributed by atoms with van der Waals surface area (Å²) in [6.45, 7) is 3.32. The number of carbonyl (C=O) groups is 1. The Balaban J connectivity index is 1.80. The number of rotatable bonds is 4. The molecule has 0 unspecified atom stereocenters. The Hall–Kier alpha value is -2.07. The van der Waals surface area contributed by atoms with Crippen LogP contribution in [-0.2, 0) is 5.41 Å². The van der Waals surface area contributed by atoms with Gasteiger partial charge >= 0.3 is 6.03 Å². The van der Waals surface area contributed by atoms with Crippen LogP contribution < -0.4 is 5.32 Å². The number of benzene rings is 1. The van der Waals surface area contributed by atoms with Gasteiger partial charge in [0.2, 0.25) is 0 Å². The third kappa shape index (κ3) is 3.49. The molecule has 0 bridgehead atoms. The molecular weight excluding hydrogens is 358 g/mol. The molecule has 2 aromatic rings. The van der Waals surface area contributed by atoms with E-state index in [-0.39, 0.29) is 6.03 Å². The number of aromatic nitrogens is 1. The van der Waals surface area contributed by atoms with Crippen molar-refractivity contribution in [3.63, 3.8) is 0 Å². The van der Waals surface area contributed by atoms with Gasteiger partial charge in [-0.2, -0.15) is 0 Å². The molecule has 130 valence electrons. The number of halogens is 1. The third-order valence-corrected chi connectivity index (χ3v) is 5.53. The molecule has 7 heteroatoms. The molecule has 1 aromatic heterocycles. The molecule has 1 aromatic carbocycles. The molecule has 25 heavy (non-hydrogen) atoms. The lowest BCUT2D eigenvalue weighted by atomic mass is 9.81. The molecule has 2 heterocycles. The lowest BCUT2D eigenvalue weighted by Crippen LogP contribution is -2.48. The minimum Gasteiger partial charge on any atom is -0.367 e. The van der Waals surface area contributed by atoms with Crippen molar-refractivity contribution in [2.24, 2.45) is 0 Å². The topological polar surface area (TPSA) is 65.5 Å². The van der Waals surface area contributed by atoms with E-state index in [1.54, 1.807) is 17.0 Å². The van der Waals surface area contributed by atoms with E-state index in [0.717, 1.165) is 12.0 Å². The number of likely N-dealkylation sites (tertiary alicyclic amines) is 1. The first-order chi connectivity index (χ1) is 11.9. The first-order valence-electron chi connectivity index (χ1n) is 7.87. The summed E-state index contributed by atoms with van der Waals surface area (Å²) in [6.07, 6.45) is 5.62. The van der Waals surface area contributed by atoms with Gasteiger partial charge in [0.25, 0.3) is 0 Å². The molecule has 2 atom stereocenters. The Morgan fingerprint density at radius 2 is 2.16 bits per heavy atom. The molecule has 2 N–H and O–H groups in total. The molecule has 0 aliphatic carbocycles. The van der Waals surface area contributed by atoms with Crippen molar-refractivity contribution in [3.05, 3.63) is 50.9 Å². The second kappa shape index (κ2) is 7.04. The quantitative estimate of drug-likeness (QED) is 0.637. The van der Waals surface area contributed by atoms with Crippen LogP contribution >= 0.6 is 22.9 Å². The standard InChI is InChI=1S/C18H18ClN3O2S/c1-3-18(2,12-5-7-13(19)8-6-12)14-11-25-16(20-14)15(23)21-17(24)22-9-4-10-22/h1,5-8,11,15,23H,4,9-10H2,2H3,(H,21,24)/t15-,18-/m0/s1. The molecule has 1 aliphatic heterocycles. The number of amides is 2. The molecule has 0 saturated carbocycles. The first kappa shape index (κ1) is 17.7. The highest BCUT2D eigenvalue weighted by atomic mass is 35.5. The SMILES string of the molecule is C#C[C@@](C)(c1ccc(Cl)cc1)c1csc([C@H](O)NC(=O)N2CCC2)n1. The molecule has 5 nitrogen and oxygen atoms in total. The summed E-state index contributed by atoms with van der Waals surface area (Å²) in [6, 6.07) is 7.00. The van der Waals surface area contributed by atoms with Gasteiger partial charge in [-0.25, -0.2) is 9.78 Å². The molecule has 0 spiro atoms. The molecule has 1 aliphatic rings. The van der Waals surface area contributed by atoms with Gasteiger partial charge in [0.1, 0.15) is 5.01 Å². The summed E-state index contributed by atoms with van der Waals surface area (Å²) < 4.78 is 0. The van der Waals surface area contributed by atoms with Crippen molar-refractivity contribution < 1.29 is 9.90 Å². The maximum absolute atomic E-state index is 11.9. The van der Waals surface area contributed by atoms with E-state index >= 15 is 0 Å². The van der Waals surface area contributed by atoms with Crippen LogP contribution in [0.1, 0.15) is 35.8 Å². The van der Waals surface area contributed by atoms with E-state index in [4.69, 9.17) is 18.0 Å². The van der Waals surface area contributed by atoms with E-state index in [0.29, 0.717) is 28.8 Å². The van der Waals surface area contributed by atoms with E-state index in [2.05, 4.69) is 16.2 Å². The molecule has 2 amide bonds. The summed E-state index contributed by atoms with van der Waals surface area (Å²) in [5, 5.41) is 15.6. The van der Waals surface area contributed by atoms with Crippen molar-refractivity contribution in [1.82, 2.24) is 15.2 Å². The van der Waals surface area contributed by atoms with Crippen LogP contribution in [0.15, 0.2) is 29.6 Å². The summed E-state index contributed by atoms with van der Waals surface area (Å²) in [5.41, 5.74) is 0.783. The zero-order valence-electron chi connectivity index (χ0n) is 13.7. The largest absolute Gasteiger partial charge is 0.367 e. The Kier molecular flexibility index (Phi) is 5.00. The van der Waals surface area contributed by atoms with Gasteiger partial charge in [-0.1, -0.05) is 29.7 Å². The number of hydrogen-bond acceptors (Lipinski definition) is 4. The third-order valence-electron chi connectivity index (χ3n) is 4.38. The molecular formula is C18H18ClN3O2S. The van der Waals surface area contributed by atoms with E-state index in [9.17, 15) is 9.90 Å². The first-order valence-corrected chi connectivity index (χ1v) is 9.13. The summed E-state index contributed by atoms with van der Waals surface area (Å²) in [7, 11) is 0. The van der Waals surface area contributed by atoms with Crippen LogP contribution in [0.3, 0.4) is 0 Å². The number of nitrogens with zero attached hydrogens (tertiary/aromatic N) is 2. The fourth-order valence-electron chi connectivity index (χ4n) is 2.52. The molecule has 3 rings (SSSR count). The minimum atomic E-state index is -1.15. The normalized spacial score (nSPS) is 17.1. The maximum Gasteiger partial charge on any atom is 0.319 e. The van der Waals surface area contributed by atoms with Gasteiger partial charge in [-0.3, -0.25) is 0 Å². The van der Waals surface area contributed by atoms with Crippen LogP contribution in [-0.4, -0.2) is 34.1 Å². The van der Waals surface area contributed by atoms with E-state index in [1.165, 1.54) is 11.3 Å². The fourth-order valence-corrected chi connectivity index (χ4v) is 3.51. The second-order valence-electron chi connectivity index (χ2n) is 6.04. The van der Waals surface area contributed by atoms with Crippen LogP contribution in [0.25, 0.3) is 0 Å². The highest BCUT2D eigenvalue weighted by molar-refractivity contribution is 7.09. The van der Waals surface area contributed by atoms with Gasteiger partial charge in [-0.05, 0) is 31.0 Å². The van der Waals surface area contributed by atoms with Crippen LogP contribution in [0.5, 0.6) is 0 Å². The average Bonchev–Trinajstić information content (AvgIpc) is 3.03. The summed E-state index contributed by atoms with van der Waals surface area (Å²) in [4.78, 5) is 18.0. The lowest BCUT2D eigenvalue weighted by molar-refractivity contribution is 0.113. The maximum atomic E-state index is 11.9. The second-order valence-corrected chi connectivity index (χ2v) is 7.37. The van der Waals surface area contributed by atoms with Crippen molar-refractivity contribution in [2.45, 2.75) is 25.0 Å². The lowest BCUT2D eigenvalue weighted by Gasteiger charge is -2.31. The van der Waals surface area contributed by atoms with Crippen molar-refractivity contribution in [2.75, 3.05) is 13.1 Å². The monoisotopic (exact) mass is 375 g/mol. The van der Waals surface area contributed by atoms with Crippen LogP contribution in [0, 0.1) is 12.3 Å². The smallest absolute Gasteiger partial charge is 0.319 e. The predicted octanol–water partition coefficient (Wildman–Crippen LogP) is 3.14. The zero-order chi connectivity index (χ0) is 18.0.